The molecular weight excluding hydrogens is 350 g/mol. The predicted octanol–water partition coefficient (Wildman–Crippen LogP) is 4.22. The Morgan fingerprint density at radius 2 is 2.00 bits per heavy atom. The van der Waals surface area contributed by atoms with Crippen molar-refractivity contribution >= 4 is 17.0 Å². The summed E-state index contributed by atoms with van der Waals surface area (Å²) in [5.41, 5.74) is 4.19. The third kappa shape index (κ3) is 3.54. The molecule has 0 spiro atoms. The van der Waals surface area contributed by atoms with Gasteiger partial charge in [0.1, 0.15) is 5.52 Å². The Balaban J connectivity index is 1.60. The van der Waals surface area contributed by atoms with E-state index in [0.717, 1.165) is 36.3 Å². The molecule has 5 heteroatoms. The molecule has 1 aromatic heterocycles. The number of hydrogen-bond acceptors (Lipinski definition) is 4. The summed E-state index contributed by atoms with van der Waals surface area (Å²) in [6, 6.07) is 14.0. The van der Waals surface area contributed by atoms with Crippen LogP contribution in [0.25, 0.3) is 22.6 Å². The van der Waals surface area contributed by atoms with Gasteiger partial charge in [0, 0.05) is 36.8 Å². The van der Waals surface area contributed by atoms with E-state index in [1.165, 1.54) is 0 Å². The van der Waals surface area contributed by atoms with E-state index >= 15 is 0 Å². The maximum absolute atomic E-state index is 13.1. The number of fused-ring (bicyclic) bond motifs is 1. The van der Waals surface area contributed by atoms with Crippen LogP contribution in [-0.2, 0) is 0 Å². The Hall–Kier alpha value is -2.66. The van der Waals surface area contributed by atoms with E-state index in [-0.39, 0.29) is 5.91 Å². The number of likely N-dealkylation sites (N-methyl/N-ethyl adjacent to an activating group) is 1. The largest absolute Gasteiger partial charge is 0.436 e. The minimum absolute atomic E-state index is 0.0701. The van der Waals surface area contributed by atoms with Gasteiger partial charge in [-0.1, -0.05) is 31.5 Å². The van der Waals surface area contributed by atoms with Gasteiger partial charge in [-0.3, -0.25) is 9.69 Å². The quantitative estimate of drug-likeness (QED) is 0.686. The highest BCUT2D eigenvalue weighted by Crippen LogP contribution is 2.26. The smallest absolute Gasteiger partial charge is 0.254 e. The summed E-state index contributed by atoms with van der Waals surface area (Å²) < 4.78 is 5.91. The number of amides is 1. The van der Waals surface area contributed by atoms with Crippen LogP contribution in [0, 0.1) is 12.8 Å². The summed E-state index contributed by atoms with van der Waals surface area (Å²) >= 11 is 0. The van der Waals surface area contributed by atoms with Gasteiger partial charge in [-0.25, -0.2) is 4.98 Å². The Bertz CT molecular complexity index is 1010. The second kappa shape index (κ2) is 7.40. The molecule has 1 aliphatic heterocycles. The van der Waals surface area contributed by atoms with Gasteiger partial charge in [0.15, 0.2) is 5.58 Å². The lowest BCUT2D eigenvalue weighted by atomic mass is 9.99. The molecule has 0 saturated carbocycles. The van der Waals surface area contributed by atoms with Crippen molar-refractivity contribution in [2.45, 2.75) is 26.8 Å². The van der Waals surface area contributed by atoms with E-state index in [4.69, 9.17) is 4.42 Å². The summed E-state index contributed by atoms with van der Waals surface area (Å²) in [4.78, 5) is 22.0. The summed E-state index contributed by atoms with van der Waals surface area (Å²) in [5, 5.41) is 0. The highest BCUT2D eigenvalue weighted by atomic mass is 16.3. The molecule has 2 heterocycles. The molecule has 28 heavy (non-hydrogen) atoms. The van der Waals surface area contributed by atoms with Gasteiger partial charge >= 0.3 is 0 Å². The number of nitrogens with zero attached hydrogens (tertiary/aromatic N) is 3. The number of piperazine rings is 1. The SMILES string of the molecule is Cc1cccc(-c2nc3cc(C(=O)N4CCN(C)C(C(C)C)C4)ccc3o2)c1. The molecule has 3 aromatic rings. The monoisotopic (exact) mass is 377 g/mol. The van der Waals surface area contributed by atoms with Crippen LogP contribution >= 0.6 is 0 Å². The first kappa shape index (κ1) is 18.7. The van der Waals surface area contributed by atoms with Crippen LogP contribution in [0.2, 0.25) is 0 Å². The molecule has 146 valence electrons. The standard InChI is InChI=1S/C23H27N3O2/c1-15(2)20-14-26(11-10-25(20)4)23(27)18-8-9-21-19(13-18)24-22(28-21)17-7-5-6-16(3)12-17/h5-9,12-13,15,20H,10-11,14H2,1-4H3. The van der Waals surface area contributed by atoms with Crippen LogP contribution in [0.3, 0.4) is 0 Å². The molecule has 1 fully saturated rings. The Labute approximate surface area is 166 Å². The fourth-order valence-corrected chi connectivity index (χ4v) is 3.95. The van der Waals surface area contributed by atoms with Crippen molar-refractivity contribution in [1.82, 2.24) is 14.8 Å². The number of rotatable bonds is 3. The zero-order chi connectivity index (χ0) is 19.8. The Morgan fingerprint density at radius 3 is 2.75 bits per heavy atom. The molecule has 1 unspecified atom stereocenters. The number of aromatic nitrogens is 1. The third-order valence-corrected chi connectivity index (χ3v) is 5.65. The summed E-state index contributed by atoms with van der Waals surface area (Å²) in [6.07, 6.45) is 0. The normalized spacial score (nSPS) is 18.2. The fourth-order valence-electron chi connectivity index (χ4n) is 3.95. The van der Waals surface area contributed by atoms with Gasteiger partial charge in [-0.05, 0) is 50.2 Å². The van der Waals surface area contributed by atoms with E-state index in [1.54, 1.807) is 0 Å². The van der Waals surface area contributed by atoms with Gasteiger partial charge in [-0.2, -0.15) is 0 Å². The molecule has 0 aliphatic carbocycles. The average molecular weight is 377 g/mol. The van der Waals surface area contributed by atoms with E-state index in [1.807, 2.05) is 54.3 Å². The number of carbonyl (C=O) groups is 1. The van der Waals surface area contributed by atoms with Crippen molar-refractivity contribution in [3.8, 4) is 11.5 Å². The summed E-state index contributed by atoms with van der Waals surface area (Å²) in [7, 11) is 2.14. The molecule has 5 nitrogen and oxygen atoms in total. The van der Waals surface area contributed by atoms with E-state index in [0.29, 0.717) is 29.0 Å². The van der Waals surface area contributed by atoms with Crippen molar-refractivity contribution in [3.63, 3.8) is 0 Å². The van der Waals surface area contributed by atoms with Gasteiger partial charge in [0.25, 0.3) is 5.91 Å². The minimum Gasteiger partial charge on any atom is -0.436 e. The fraction of sp³-hybridized carbons (Fsp3) is 0.391. The lowest BCUT2D eigenvalue weighted by Gasteiger charge is -2.41. The van der Waals surface area contributed by atoms with Gasteiger partial charge < -0.3 is 9.32 Å². The lowest BCUT2D eigenvalue weighted by molar-refractivity contribution is 0.0465. The number of carbonyl (C=O) groups excluding carboxylic acids is 1. The van der Waals surface area contributed by atoms with Crippen LogP contribution in [0.15, 0.2) is 46.9 Å². The van der Waals surface area contributed by atoms with Crippen molar-refractivity contribution in [1.29, 1.82) is 0 Å². The highest BCUT2D eigenvalue weighted by molar-refractivity contribution is 5.97. The molecule has 2 aromatic carbocycles. The molecule has 1 aliphatic rings. The maximum Gasteiger partial charge on any atom is 0.254 e. The first-order valence-corrected chi connectivity index (χ1v) is 9.89. The summed E-state index contributed by atoms with van der Waals surface area (Å²) in [6.45, 7) is 8.89. The van der Waals surface area contributed by atoms with Crippen molar-refractivity contribution in [2.75, 3.05) is 26.7 Å². The van der Waals surface area contributed by atoms with Crippen LogP contribution < -0.4 is 0 Å². The lowest BCUT2D eigenvalue weighted by Crippen LogP contribution is -2.55. The van der Waals surface area contributed by atoms with Gasteiger partial charge in [0.2, 0.25) is 5.89 Å². The minimum atomic E-state index is 0.0701. The highest BCUT2D eigenvalue weighted by Gasteiger charge is 2.29. The molecule has 1 saturated heterocycles. The molecule has 0 N–H and O–H groups in total. The first-order valence-electron chi connectivity index (χ1n) is 9.89. The number of oxazole rings is 1. The second-order valence-corrected chi connectivity index (χ2v) is 8.11. The van der Waals surface area contributed by atoms with E-state index < -0.39 is 0 Å². The van der Waals surface area contributed by atoms with Crippen LogP contribution in [0.4, 0.5) is 0 Å². The molecule has 0 radical (unpaired) electrons. The molecule has 1 amide bonds. The number of hydrogen-bond donors (Lipinski definition) is 0. The molecule has 1 atom stereocenters. The third-order valence-electron chi connectivity index (χ3n) is 5.65. The van der Waals surface area contributed by atoms with Gasteiger partial charge in [0.05, 0.1) is 0 Å². The zero-order valence-electron chi connectivity index (χ0n) is 17.0. The Morgan fingerprint density at radius 1 is 1.18 bits per heavy atom. The van der Waals surface area contributed by atoms with Crippen LogP contribution in [0.1, 0.15) is 29.8 Å². The van der Waals surface area contributed by atoms with Crippen LogP contribution in [-0.4, -0.2) is 53.4 Å². The van der Waals surface area contributed by atoms with E-state index in [9.17, 15) is 4.79 Å². The van der Waals surface area contributed by atoms with Gasteiger partial charge in [-0.15, -0.1) is 0 Å². The summed E-state index contributed by atoms with van der Waals surface area (Å²) in [5.74, 6) is 1.17. The number of aryl methyl sites for hydroxylation is 1. The topological polar surface area (TPSA) is 49.6 Å². The predicted molar refractivity (Wildman–Crippen MR) is 111 cm³/mol. The maximum atomic E-state index is 13.1. The van der Waals surface area contributed by atoms with Crippen molar-refractivity contribution in [2.24, 2.45) is 5.92 Å². The second-order valence-electron chi connectivity index (χ2n) is 8.11. The van der Waals surface area contributed by atoms with Crippen LogP contribution in [0.5, 0.6) is 0 Å². The number of benzene rings is 2. The zero-order valence-corrected chi connectivity index (χ0v) is 17.0. The average Bonchev–Trinajstić information content (AvgIpc) is 3.11. The molecule has 4 rings (SSSR count). The van der Waals surface area contributed by atoms with Crippen molar-refractivity contribution < 1.29 is 9.21 Å². The Kier molecular flexibility index (Phi) is 4.94. The molecular formula is C23H27N3O2. The first-order chi connectivity index (χ1) is 13.4. The van der Waals surface area contributed by atoms with E-state index in [2.05, 4.69) is 30.8 Å². The van der Waals surface area contributed by atoms with Crippen molar-refractivity contribution in [3.05, 3.63) is 53.6 Å². The molecule has 0 bridgehead atoms.